The van der Waals surface area contributed by atoms with Crippen LogP contribution in [-0.2, 0) is 11.3 Å². The number of methoxy groups -OCH3 is 1. The summed E-state index contributed by atoms with van der Waals surface area (Å²) in [6.07, 6.45) is 2.44. The fourth-order valence-electron chi connectivity index (χ4n) is 4.39. The van der Waals surface area contributed by atoms with Gasteiger partial charge in [0.15, 0.2) is 0 Å². The lowest BCUT2D eigenvalue weighted by molar-refractivity contribution is -0.121. The Hall–Kier alpha value is -3.60. The van der Waals surface area contributed by atoms with Crippen LogP contribution in [0.3, 0.4) is 0 Å². The average Bonchev–Trinajstić information content (AvgIpc) is 3.21. The van der Waals surface area contributed by atoms with E-state index in [1.807, 2.05) is 36.4 Å². The zero-order chi connectivity index (χ0) is 24.1. The van der Waals surface area contributed by atoms with Gasteiger partial charge in [0.25, 0.3) is 0 Å². The van der Waals surface area contributed by atoms with Gasteiger partial charge in [0.1, 0.15) is 11.6 Å². The minimum absolute atomic E-state index is 0.0139. The summed E-state index contributed by atoms with van der Waals surface area (Å²) in [4.78, 5) is 13.0. The first-order valence-corrected chi connectivity index (χ1v) is 11.7. The summed E-state index contributed by atoms with van der Waals surface area (Å²) >= 11 is 0. The van der Waals surface area contributed by atoms with Crippen LogP contribution in [0.1, 0.15) is 42.9 Å². The highest BCUT2D eigenvalue weighted by Crippen LogP contribution is 2.38. The largest absolute Gasteiger partial charge is 0.496 e. The van der Waals surface area contributed by atoms with Crippen molar-refractivity contribution in [3.63, 3.8) is 0 Å². The van der Waals surface area contributed by atoms with Gasteiger partial charge in [-0.1, -0.05) is 62.4 Å². The number of carbonyl (C=O) groups is 1. The first kappa shape index (κ1) is 23.6. The maximum Gasteiger partial charge on any atom is 0.220 e. The normalized spacial score (nSPS) is 12.1. The van der Waals surface area contributed by atoms with E-state index >= 15 is 0 Å². The summed E-state index contributed by atoms with van der Waals surface area (Å²) in [5, 5.41) is 4.16. The van der Waals surface area contributed by atoms with Gasteiger partial charge in [-0.15, -0.1) is 0 Å². The molecule has 0 saturated carbocycles. The summed E-state index contributed by atoms with van der Waals surface area (Å²) in [5.41, 5.74) is 4.14. The van der Waals surface area contributed by atoms with E-state index in [4.69, 9.17) is 4.74 Å². The molecule has 0 aliphatic heterocycles. The first-order valence-electron chi connectivity index (χ1n) is 11.7. The van der Waals surface area contributed by atoms with Gasteiger partial charge in [-0.05, 0) is 41.3 Å². The molecule has 0 aliphatic rings. The van der Waals surface area contributed by atoms with Crippen LogP contribution < -0.4 is 10.1 Å². The molecule has 1 aromatic heterocycles. The predicted molar refractivity (Wildman–Crippen MR) is 135 cm³/mol. The monoisotopic (exact) mass is 458 g/mol. The Morgan fingerprint density at radius 2 is 1.68 bits per heavy atom. The van der Waals surface area contributed by atoms with Crippen molar-refractivity contribution < 1.29 is 13.9 Å². The SMILES string of the molecule is COc1ccccc1[C@H](CC(=O)NCC(C)C)c1cn(Cc2ccc(F)cc2)c2ccccc12. The number of amides is 1. The number of hydrogen-bond acceptors (Lipinski definition) is 2. The van der Waals surface area contributed by atoms with Gasteiger partial charge in [0.2, 0.25) is 5.91 Å². The molecule has 176 valence electrons. The number of nitrogens with zero attached hydrogens (tertiary/aromatic N) is 1. The molecule has 1 amide bonds. The maximum atomic E-state index is 13.4. The van der Waals surface area contributed by atoms with Crippen molar-refractivity contribution in [3.8, 4) is 5.75 Å². The molecule has 1 heterocycles. The van der Waals surface area contributed by atoms with Crippen LogP contribution in [0.2, 0.25) is 0 Å². The molecule has 0 spiro atoms. The first-order chi connectivity index (χ1) is 16.5. The molecule has 34 heavy (non-hydrogen) atoms. The minimum Gasteiger partial charge on any atom is -0.496 e. The number of ether oxygens (including phenoxy) is 1. The Morgan fingerprint density at radius 3 is 2.41 bits per heavy atom. The Kier molecular flexibility index (Phi) is 7.31. The number of rotatable bonds is 9. The lowest BCUT2D eigenvalue weighted by Gasteiger charge is -2.20. The van der Waals surface area contributed by atoms with Crippen LogP contribution in [0, 0.1) is 11.7 Å². The topological polar surface area (TPSA) is 43.3 Å². The number of halogens is 1. The van der Waals surface area contributed by atoms with Gasteiger partial charge >= 0.3 is 0 Å². The summed E-state index contributed by atoms with van der Waals surface area (Å²) in [6, 6.07) is 22.7. The zero-order valence-corrected chi connectivity index (χ0v) is 19.9. The van der Waals surface area contributed by atoms with Crippen LogP contribution in [0.4, 0.5) is 4.39 Å². The van der Waals surface area contributed by atoms with Crippen LogP contribution in [-0.4, -0.2) is 24.1 Å². The van der Waals surface area contributed by atoms with Crippen LogP contribution in [0.5, 0.6) is 5.75 Å². The highest BCUT2D eigenvalue weighted by molar-refractivity contribution is 5.87. The molecule has 0 saturated heterocycles. The van der Waals surface area contributed by atoms with Gasteiger partial charge in [0, 0.05) is 48.1 Å². The Bertz CT molecular complexity index is 1260. The number of hydrogen-bond donors (Lipinski definition) is 1. The molecule has 1 atom stereocenters. The van der Waals surface area contributed by atoms with E-state index in [0.29, 0.717) is 25.4 Å². The van der Waals surface area contributed by atoms with Crippen molar-refractivity contribution in [2.24, 2.45) is 5.92 Å². The lowest BCUT2D eigenvalue weighted by Crippen LogP contribution is -2.28. The van der Waals surface area contributed by atoms with Gasteiger partial charge < -0.3 is 14.6 Å². The average molecular weight is 459 g/mol. The number of fused-ring (bicyclic) bond motifs is 1. The van der Waals surface area contributed by atoms with E-state index in [0.717, 1.165) is 33.3 Å². The Balaban J connectivity index is 1.78. The van der Waals surface area contributed by atoms with Crippen LogP contribution in [0.15, 0.2) is 79.0 Å². The van der Waals surface area contributed by atoms with Crippen molar-refractivity contribution in [3.05, 3.63) is 102 Å². The molecule has 4 nitrogen and oxygen atoms in total. The second-order valence-corrected chi connectivity index (χ2v) is 9.05. The third-order valence-electron chi connectivity index (χ3n) is 6.07. The van der Waals surface area contributed by atoms with Gasteiger partial charge in [-0.3, -0.25) is 4.79 Å². The van der Waals surface area contributed by atoms with Gasteiger partial charge in [-0.2, -0.15) is 0 Å². The molecule has 5 heteroatoms. The number of nitrogens with one attached hydrogen (secondary N) is 1. The third kappa shape index (κ3) is 5.30. The molecular weight excluding hydrogens is 427 g/mol. The van der Waals surface area contributed by atoms with E-state index in [2.05, 4.69) is 42.1 Å². The second kappa shape index (κ2) is 10.6. The fourth-order valence-corrected chi connectivity index (χ4v) is 4.39. The number of aromatic nitrogens is 1. The molecular formula is C29H31FN2O2. The summed E-state index contributed by atoms with van der Waals surface area (Å²) < 4.78 is 21.3. The highest BCUT2D eigenvalue weighted by atomic mass is 19.1. The lowest BCUT2D eigenvalue weighted by atomic mass is 9.87. The van der Waals surface area contributed by atoms with Crippen LogP contribution >= 0.6 is 0 Å². The smallest absolute Gasteiger partial charge is 0.220 e. The van der Waals surface area contributed by atoms with Crippen molar-refractivity contribution in [2.45, 2.75) is 32.7 Å². The van der Waals surface area contributed by atoms with E-state index < -0.39 is 0 Å². The maximum absolute atomic E-state index is 13.4. The zero-order valence-electron chi connectivity index (χ0n) is 19.9. The molecule has 3 aromatic carbocycles. The molecule has 0 fully saturated rings. The van der Waals surface area contributed by atoms with E-state index in [9.17, 15) is 9.18 Å². The summed E-state index contributed by atoms with van der Waals surface area (Å²) in [5.74, 6) is 0.735. The number of carbonyl (C=O) groups excluding carboxylic acids is 1. The Morgan fingerprint density at radius 1 is 0.971 bits per heavy atom. The fraction of sp³-hybridized carbons (Fsp3) is 0.276. The van der Waals surface area contributed by atoms with Crippen molar-refractivity contribution >= 4 is 16.8 Å². The third-order valence-corrected chi connectivity index (χ3v) is 6.07. The van der Waals surface area contributed by atoms with E-state index in [-0.39, 0.29) is 17.6 Å². The van der Waals surface area contributed by atoms with E-state index in [1.165, 1.54) is 12.1 Å². The number of para-hydroxylation sites is 2. The molecule has 0 aliphatic carbocycles. The molecule has 4 aromatic rings. The van der Waals surface area contributed by atoms with Gasteiger partial charge in [-0.25, -0.2) is 4.39 Å². The number of benzene rings is 3. The van der Waals surface area contributed by atoms with Crippen LogP contribution in [0.25, 0.3) is 10.9 Å². The molecule has 0 radical (unpaired) electrons. The molecule has 0 unspecified atom stereocenters. The molecule has 0 bridgehead atoms. The van der Waals surface area contributed by atoms with Crippen molar-refractivity contribution in [2.75, 3.05) is 13.7 Å². The summed E-state index contributed by atoms with van der Waals surface area (Å²) in [6.45, 7) is 5.42. The van der Waals surface area contributed by atoms with Gasteiger partial charge in [0.05, 0.1) is 7.11 Å². The quantitative estimate of drug-likeness (QED) is 0.328. The standard InChI is InChI=1S/C29H31FN2O2/c1-20(2)17-31-29(33)16-25(24-9-5-7-11-28(24)34-3)26-19-32(27-10-6-4-8-23(26)27)18-21-12-14-22(30)15-13-21/h4-15,19-20,25H,16-18H2,1-3H3,(H,31,33)/t25-/m0/s1. The van der Waals surface area contributed by atoms with Crippen molar-refractivity contribution in [1.82, 2.24) is 9.88 Å². The second-order valence-electron chi connectivity index (χ2n) is 9.05. The minimum atomic E-state index is -0.245. The molecule has 1 N–H and O–H groups in total. The highest BCUT2D eigenvalue weighted by Gasteiger charge is 2.25. The molecule has 4 rings (SSSR count). The van der Waals surface area contributed by atoms with E-state index in [1.54, 1.807) is 19.2 Å². The predicted octanol–water partition coefficient (Wildman–Crippen LogP) is 6.13. The summed E-state index contributed by atoms with van der Waals surface area (Å²) in [7, 11) is 1.66. The van der Waals surface area contributed by atoms with Crippen molar-refractivity contribution in [1.29, 1.82) is 0 Å². The Labute approximate surface area is 200 Å².